The second kappa shape index (κ2) is 9.77. The van der Waals surface area contributed by atoms with Crippen LogP contribution in [0.4, 0.5) is 0 Å². The van der Waals surface area contributed by atoms with Gasteiger partial charge in [0.05, 0.1) is 19.4 Å². The molecule has 0 unspecified atom stereocenters. The van der Waals surface area contributed by atoms with Gasteiger partial charge in [-0.05, 0) is 17.7 Å². The molecule has 1 N–H and O–H groups in total. The van der Waals surface area contributed by atoms with E-state index in [9.17, 15) is 9.59 Å². The average molecular weight is 397 g/mol. The molecule has 2 aromatic rings. The largest absolute Gasteiger partial charge is 0.459 e. The quantitative estimate of drug-likeness (QED) is 0.607. The zero-order valence-corrected chi connectivity index (χ0v) is 16.9. The van der Waals surface area contributed by atoms with Crippen LogP contribution in [-0.4, -0.2) is 79.3 Å². The highest BCUT2D eigenvalue weighted by Gasteiger charge is 2.25. The third-order valence-electron chi connectivity index (χ3n) is 4.75. The molecule has 0 bridgehead atoms. The van der Waals surface area contributed by atoms with Crippen LogP contribution in [0.3, 0.4) is 0 Å². The third kappa shape index (κ3) is 5.60. The molecule has 1 aliphatic heterocycles. The van der Waals surface area contributed by atoms with Gasteiger partial charge >= 0.3 is 0 Å². The minimum atomic E-state index is -0.104. The normalized spacial score (nSPS) is 14.6. The van der Waals surface area contributed by atoms with Crippen LogP contribution in [0, 0.1) is 0 Å². The van der Waals surface area contributed by atoms with Crippen molar-refractivity contribution in [2.45, 2.75) is 6.54 Å². The standard InChI is InChI=1S/C21H27N5O3/c1-24(2)19(27)16-23-21(22-15-17-7-4-3-5-8-17)26-12-10-25(11-13-26)20(28)18-9-6-14-29-18/h3-9,14H,10-13,15-16H2,1-2H3,(H,22,23). The molecule has 8 heteroatoms. The lowest BCUT2D eigenvalue weighted by Crippen LogP contribution is -2.54. The van der Waals surface area contributed by atoms with Crippen molar-refractivity contribution in [1.29, 1.82) is 0 Å². The number of hydrogen-bond acceptors (Lipinski definition) is 4. The van der Waals surface area contributed by atoms with Crippen LogP contribution < -0.4 is 5.32 Å². The summed E-state index contributed by atoms with van der Waals surface area (Å²) < 4.78 is 5.21. The van der Waals surface area contributed by atoms with Gasteiger partial charge in [-0.2, -0.15) is 0 Å². The molecule has 3 rings (SSSR count). The Bertz CT molecular complexity index is 825. The fraction of sp³-hybridized carbons (Fsp3) is 0.381. The number of amides is 2. The number of furan rings is 1. The average Bonchev–Trinajstić information content (AvgIpc) is 3.29. The topological polar surface area (TPSA) is 81.4 Å². The first-order valence-electron chi connectivity index (χ1n) is 9.64. The van der Waals surface area contributed by atoms with Crippen molar-refractivity contribution in [2.24, 2.45) is 4.99 Å². The molecule has 0 radical (unpaired) electrons. The van der Waals surface area contributed by atoms with E-state index in [1.54, 1.807) is 36.0 Å². The number of carbonyl (C=O) groups is 2. The van der Waals surface area contributed by atoms with Gasteiger partial charge in [0.1, 0.15) is 0 Å². The van der Waals surface area contributed by atoms with Gasteiger partial charge in [-0.25, -0.2) is 4.99 Å². The molecule has 1 aromatic carbocycles. The lowest BCUT2D eigenvalue weighted by atomic mass is 10.2. The zero-order valence-electron chi connectivity index (χ0n) is 16.9. The Morgan fingerprint density at radius 3 is 2.34 bits per heavy atom. The van der Waals surface area contributed by atoms with Crippen LogP contribution in [0.1, 0.15) is 16.1 Å². The van der Waals surface area contributed by atoms with Gasteiger partial charge in [0.2, 0.25) is 5.91 Å². The molecule has 2 heterocycles. The van der Waals surface area contributed by atoms with E-state index < -0.39 is 0 Å². The summed E-state index contributed by atoms with van der Waals surface area (Å²) in [4.78, 5) is 34.6. The van der Waals surface area contributed by atoms with Crippen molar-refractivity contribution < 1.29 is 14.0 Å². The molecule has 0 saturated carbocycles. The maximum atomic E-state index is 12.5. The summed E-state index contributed by atoms with van der Waals surface area (Å²) in [5, 5.41) is 3.18. The first-order chi connectivity index (χ1) is 14.0. The number of piperazine rings is 1. The van der Waals surface area contributed by atoms with Gasteiger partial charge in [-0.15, -0.1) is 0 Å². The summed E-state index contributed by atoms with van der Waals surface area (Å²) in [7, 11) is 3.45. The van der Waals surface area contributed by atoms with Crippen molar-refractivity contribution in [3.63, 3.8) is 0 Å². The molecule has 1 saturated heterocycles. The molecule has 0 aliphatic carbocycles. The van der Waals surface area contributed by atoms with Gasteiger partial charge < -0.3 is 24.4 Å². The van der Waals surface area contributed by atoms with E-state index in [4.69, 9.17) is 9.41 Å². The molecule has 0 atom stereocenters. The van der Waals surface area contributed by atoms with E-state index in [0.717, 1.165) is 5.56 Å². The maximum absolute atomic E-state index is 12.5. The van der Waals surface area contributed by atoms with Gasteiger partial charge in [0.15, 0.2) is 11.7 Å². The van der Waals surface area contributed by atoms with Crippen molar-refractivity contribution in [3.8, 4) is 0 Å². The van der Waals surface area contributed by atoms with Crippen LogP contribution in [0.2, 0.25) is 0 Å². The number of likely N-dealkylation sites (N-methyl/N-ethyl adjacent to an activating group) is 1. The van der Waals surface area contributed by atoms with Crippen LogP contribution >= 0.6 is 0 Å². The highest BCUT2D eigenvalue weighted by Crippen LogP contribution is 2.10. The molecule has 154 valence electrons. The van der Waals surface area contributed by atoms with Crippen molar-refractivity contribution >= 4 is 17.8 Å². The number of benzene rings is 1. The summed E-state index contributed by atoms with van der Waals surface area (Å²) >= 11 is 0. The summed E-state index contributed by atoms with van der Waals surface area (Å²) in [6.45, 7) is 3.07. The van der Waals surface area contributed by atoms with E-state index in [0.29, 0.717) is 44.4 Å². The van der Waals surface area contributed by atoms with E-state index in [1.807, 2.05) is 30.3 Å². The number of hydrogen-bond donors (Lipinski definition) is 1. The van der Waals surface area contributed by atoms with Gasteiger partial charge in [0.25, 0.3) is 5.91 Å². The lowest BCUT2D eigenvalue weighted by Gasteiger charge is -2.36. The molecule has 8 nitrogen and oxygen atoms in total. The monoisotopic (exact) mass is 397 g/mol. The van der Waals surface area contributed by atoms with Crippen molar-refractivity contribution in [1.82, 2.24) is 20.0 Å². The first-order valence-corrected chi connectivity index (χ1v) is 9.64. The Hall–Kier alpha value is -3.29. The highest BCUT2D eigenvalue weighted by atomic mass is 16.3. The Morgan fingerprint density at radius 2 is 1.72 bits per heavy atom. The second-order valence-electron chi connectivity index (χ2n) is 7.02. The van der Waals surface area contributed by atoms with Crippen molar-refractivity contribution in [2.75, 3.05) is 46.8 Å². The Kier molecular flexibility index (Phi) is 6.89. The minimum Gasteiger partial charge on any atom is -0.459 e. The number of rotatable bonds is 5. The van der Waals surface area contributed by atoms with Gasteiger partial charge in [-0.1, -0.05) is 30.3 Å². The number of nitrogens with one attached hydrogen (secondary N) is 1. The molecule has 2 amide bonds. The smallest absolute Gasteiger partial charge is 0.289 e. The van der Waals surface area contributed by atoms with E-state index >= 15 is 0 Å². The number of aliphatic imine (C=N–C) groups is 1. The number of carbonyl (C=O) groups excluding carboxylic acids is 2. The summed E-state index contributed by atoms with van der Waals surface area (Å²) in [6, 6.07) is 13.4. The summed E-state index contributed by atoms with van der Waals surface area (Å²) in [5.74, 6) is 0.900. The van der Waals surface area contributed by atoms with Gasteiger partial charge in [0, 0.05) is 40.3 Å². The Labute approximate surface area is 170 Å². The highest BCUT2D eigenvalue weighted by molar-refractivity contribution is 5.92. The molecule has 1 fully saturated rings. The van der Waals surface area contributed by atoms with Crippen LogP contribution in [0.25, 0.3) is 0 Å². The first kappa shape index (κ1) is 20.4. The van der Waals surface area contributed by atoms with E-state index in [2.05, 4.69) is 10.2 Å². The second-order valence-corrected chi connectivity index (χ2v) is 7.02. The molecule has 1 aromatic heterocycles. The third-order valence-corrected chi connectivity index (χ3v) is 4.75. The summed E-state index contributed by atoms with van der Waals surface area (Å²) in [5.41, 5.74) is 1.09. The van der Waals surface area contributed by atoms with Crippen LogP contribution in [0.15, 0.2) is 58.1 Å². The van der Waals surface area contributed by atoms with Crippen LogP contribution in [-0.2, 0) is 11.3 Å². The summed E-state index contributed by atoms with van der Waals surface area (Å²) in [6.07, 6.45) is 1.50. The minimum absolute atomic E-state index is 0.0240. The van der Waals surface area contributed by atoms with Crippen molar-refractivity contribution in [3.05, 3.63) is 60.1 Å². The fourth-order valence-corrected chi connectivity index (χ4v) is 3.01. The molecular formula is C21H27N5O3. The van der Waals surface area contributed by atoms with E-state index in [-0.39, 0.29) is 18.4 Å². The molecular weight excluding hydrogens is 370 g/mol. The number of nitrogens with zero attached hydrogens (tertiary/aromatic N) is 4. The molecule has 0 spiro atoms. The molecule has 29 heavy (non-hydrogen) atoms. The maximum Gasteiger partial charge on any atom is 0.289 e. The number of guanidine groups is 1. The molecule has 1 aliphatic rings. The van der Waals surface area contributed by atoms with Crippen LogP contribution in [0.5, 0.6) is 0 Å². The predicted octanol–water partition coefficient (Wildman–Crippen LogP) is 1.27. The Balaban J connectivity index is 1.64. The Morgan fingerprint density at radius 1 is 1.03 bits per heavy atom. The fourth-order valence-electron chi connectivity index (χ4n) is 3.01. The van der Waals surface area contributed by atoms with E-state index in [1.165, 1.54) is 6.26 Å². The van der Waals surface area contributed by atoms with Gasteiger partial charge in [-0.3, -0.25) is 9.59 Å². The predicted molar refractivity (Wildman–Crippen MR) is 110 cm³/mol. The zero-order chi connectivity index (χ0) is 20.6. The lowest BCUT2D eigenvalue weighted by molar-refractivity contribution is -0.127. The SMILES string of the molecule is CN(C)C(=O)CNC(=NCc1ccccc1)N1CCN(C(=O)c2ccco2)CC1.